The Bertz CT molecular complexity index is 793. The van der Waals surface area contributed by atoms with E-state index >= 15 is 0 Å². The number of carbonyl (C=O) groups excluding carboxylic acids is 2. The Morgan fingerprint density at radius 2 is 1.93 bits per heavy atom. The highest BCUT2D eigenvalue weighted by Crippen LogP contribution is 2.60. The first kappa shape index (κ1) is 20.7. The number of hydrogen-bond donors (Lipinski definition) is 1. The van der Waals surface area contributed by atoms with Gasteiger partial charge in [0.1, 0.15) is 9.49 Å². The van der Waals surface area contributed by atoms with E-state index < -0.39 is 0 Å². The average Bonchev–Trinajstić information content (AvgIpc) is 2.91. The minimum absolute atomic E-state index is 0.0110. The lowest BCUT2D eigenvalue weighted by Crippen LogP contribution is -2.20. The summed E-state index contributed by atoms with van der Waals surface area (Å²) >= 11 is 13.1. The molecule has 4 nitrogen and oxygen atoms in total. The molecular weight excluding hydrogens is 405 g/mol. The van der Waals surface area contributed by atoms with Crippen molar-refractivity contribution >= 4 is 51.4 Å². The highest BCUT2D eigenvalue weighted by atomic mass is 35.5. The summed E-state index contributed by atoms with van der Waals surface area (Å²) in [7, 11) is 0. The van der Waals surface area contributed by atoms with Crippen LogP contribution in [-0.4, -0.2) is 18.0 Å². The number of halogens is 2. The van der Waals surface area contributed by atoms with Crippen LogP contribution in [0.15, 0.2) is 10.6 Å². The smallest absolute Gasteiger partial charge is 0.341 e. The summed E-state index contributed by atoms with van der Waals surface area (Å²) in [6.45, 7) is 7.69. The molecule has 0 aliphatic heterocycles. The molecule has 0 radical (unpaired) electrons. The van der Waals surface area contributed by atoms with Crippen molar-refractivity contribution in [3.8, 4) is 0 Å². The summed E-state index contributed by atoms with van der Waals surface area (Å²) in [4.78, 5) is 26.8. The number of allylic oxidation sites excluding steroid dienone is 1. The van der Waals surface area contributed by atoms with E-state index in [2.05, 4.69) is 5.32 Å². The van der Waals surface area contributed by atoms with Crippen LogP contribution in [0.5, 0.6) is 0 Å². The van der Waals surface area contributed by atoms with Gasteiger partial charge in [-0.3, -0.25) is 4.79 Å². The van der Waals surface area contributed by atoms with Crippen LogP contribution in [0.25, 0.3) is 0 Å². The largest absolute Gasteiger partial charge is 0.459 e. The summed E-state index contributed by atoms with van der Waals surface area (Å²) in [6, 6.07) is 0. The number of amides is 1. The van der Waals surface area contributed by atoms with Gasteiger partial charge in [0.25, 0.3) is 0 Å². The first-order valence-electron chi connectivity index (χ1n) is 9.32. The Kier molecular flexibility index (Phi) is 5.95. The third-order valence-electron chi connectivity index (χ3n) is 5.45. The van der Waals surface area contributed by atoms with Gasteiger partial charge in [-0.05, 0) is 62.5 Å². The van der Waals surface area contributed by atoms with Crippen LogP contribution in [0.3, 0.4) is 0 Å². The highest BCUT2D eigenvalue weighted by Gasteiger charge is 2.60. The molecule has 2 aliphatic carbocycles. The monoisotopic (exact) mass is 429 g/mol. The SMILES string of the molecule is CC(C)OC(=O)c1c(NC(=O)[C@H]2[C@@H](C=C(Cl)Cl)C2(C)C)sc2c1CCCC2. The highest BCUT2D eigenvalue weighted by molar-refractivity contribution is 7.17. The molecular formula is C20H25Cl2NO3S. The summed E-state index contributed by atoms with van der Waals surface area (Å²) in [6.07, 6.45) is 5.47. The zero-order valence-corrected chi connectivity index (χ0v) is 18.4. The molecule has 0 unspecified atom stereocenters. The third kappa shape index (κ3) is 4.20. The van der Waals surface area contributed by atoms with Crippen molar-refractivity contribution in [2.75, 3.05) is 5.32 Å². The van der Waals surface area contributed by atoms with Gasteiger partial charge >= 0.3 is 5.97 Å². The van der Waals surface area contributed by atoms with Crippen LogP contribution in [0.1, 0.15) is 61.3 Å². The number of thiophene rings is 1. The van der Waals surface area contributed by atoms with Crippen molar-refractivity contribution in [1.29, 1.82) is 0 Å². The number of fused-ring (bicyclic) bond motifs is 1. The fourth-order valence-corrected chi connectivity index (χ4v) is 5.51. The van der Waals surface area contributed by atoms with Gasteiger partial charge in [-0.2, -0.15) is 0 Å². The maximum atomic E-state index is 12.9. The molecule has 1 heterocycles. The molecule has 27 heavy (non-hydrogen) atoms. The molecule has 7 heteroatoms. The topological polar surface area (TPSA) is 55.4 Å². The van der Waals surface area contributed by atoms with Crippen molar-refractivity contribution in [1.82, 2.24) is 0 Å². The van der Waals surface area contributed by atoms with Gasteiger partial charge in [0, 0.05) is 4.88 Å². The third-order valence-corrected chi connectivity index (χ3v) is 6.91. The summed E-state index contributed by atoms with van der Waals surface area (Å²) in [5, 5.41) is 3.62. The molecule has 148 valence electrons. The van der Waals surface area contributed by atoms with E-state index in [0.717, 1.165) is 31.2 Å². The van der Waals surface area contributed by atoms with E-state index in [1.165, 1.54) is 16.2 Å². The number of rotatable bonds is 5. The lowest BCUT2D eigenvalue weighted by Gasteiger charge is -2.14. The van der Waals surface area contributed by atoms with Crippen LogP contribution in [0, 0.1) is 17.3 Å². The second kappa shape index (κ2) is 7.76. The predicted molar refractivity (Wildman–Crippen MR) is 111 cm³/mol. The molecule has 1 saturated carbocycles. The standard InChI is InChI=1S/C20H25Cl2NO3S/c1-10(2)26-19(25)15-11-7-5-6-8-13(11)27-18(15)23-17(24)16-12(9-14(21)22)20(16,3)4/h9-10,12,16H,5-8H2,1-4H3,(H,23,24)/t12-,16-/m1/s1. The minimum Gasteiger partial charge on any atom is -0.459 e. The van der Waals surface area contributed by atoms with E-state index in [1.807, 2.05) is 27.7 Å². The van der Waals surface area contributed by atoms with Crippen LogP contribution in [0.4, 0.5) is 5.00 Å². The van der Waals surface area contributed by atoms with Crippen LogP contribution < -0.4 is 5.32 Å². The van der Waals surface area contributed by atoms with Crippen molar-refractivity contribution < 1.29 is 14.3 Å². The minimum atomic E-state index is -0.352. The second-order valence-corrected chi connectivity index (χ2v) is 10.3. The normalized spacial score (nSPS) is 22.8. The number of ether oxygens (including phenoxy) is 1. The average molecular weight is 430 g/mol. The van der Waals surface area contributed by atoms with Crippen LogP contribution >= 0.6 is 34.5 Å². The fourth-order valence-electron chi connectivity index (χ4n) is 3.96. The molecule has 0 saturated heterocycles. The number of anilines is 1. The second-order valence-electron chi connectivity index (χ2n) is 8.14. The van der Waals surface area contributed by atoms with Crippen LogP contribution in [-0.2, 0) is 22.4 Å². The fraction of sp³-hybridized carbons (Fsp3) is 0.600. The number of nitrogens with one attached hydrogen (secondary N) is 1. The maximum absolute atomic E-state index is 12.9. The number of carbonyl (C=O) groups is 2. The summed E-state index contributed by atoms with van der Waals surface area (Å²) in [5.74, 6) is -0.690. The molecule has 1 aromatic rings. The molecule has 0 spiro atoms. The van der Waals surface area contributed by atoms with Crippen LogP contribution in [0.2, 0.25) is 0 Å². The van der Waals surface area contributed by atoms with Gasteiger partial charge in [0.05, 0.1) is 17.6 Å². The van der Waals surface area contributed by atoms with Crippen molar-refractivity contribution in [2.45, 2.75) is 59.5 Å². The maximum Gasteiger partial charge on any atom is 0.341 e. The summed E-state index contributed by atoms with van der Waals surface area (Å²) < 4.78 is 5.62. The van der Waals surface area contributed by atoms with E-state index in [4.69, 9.17) is 27.9 Å². The van der Waals surface area contributed by atoms with Gasteiger partial charge in [0.15, 0.2) is 0 Å². The molecule has 1 aromatic heterocycles. The van der Waals surface area contributed by atoms with Gasteiger partial charge in [0.2, 0.25) is 5.91 Å². The molecule has 2 atom stereocenters. The molecule has 1 amide bonds. The number of esters is 1. The van der Waals surface area contributed by atoms with Gasteiger partial charge in [-0.25, -0.2) is 4.79 Å². The Balaban J connectivity index is 1.86. The zero-order chi connectivity index (χ0) is 19.9. The van der Waals surface area contributed by atoms with Gasteiger partial charge in [-0.15, -0.1) is 11.3 Å². The summed E-state index contributed by atoms with van der Waals surface area (Å²) in [5.41, 5.74) is 1.37. The quantitative estimate of drug-likeness (QED) is 0.608. The van der Waals surface area contributed by atoms with Crippen molar-refractivity contribution in [3.63, 3.8) is 0 Å². The molecule has 0 bridgehead atoms. The molecule has 1 N–H and O–H groups in total. The van der Waals surface area contributed by atoms with Gasteiger partial charge in [-0.1, -0.05) is 37.0 Å². The Morgan fingerprint density at radius 1 is 1.26 bits per heavy atom. The zero-order valence-electron chi connectivity index (χ0n) is 16.0. The number of hydrogen-bond acceptors (Lipinski definition) is 4. The Labute approximate surface area is 174 Å². The predicted octanol–water partition coefficient (Wildman–Crippen LogP) is 5.72. The van der Waals surface area contributed by atoms with E-state index in [-0.39, 0.29) is 39.7 Å². The number of aryl methyl sites for hydroxylation is 1. The van der Waals surface area contributed by atoms with E-state index in [9.17, 15) is 9.59 Å². The van der Waals surface area contributed by atoms with Crippen molar-refractivity contribution in [3.05, 3.63) is 26.6 Å². The van der Waals surface area contributed by atoms with E-state index in [1.54, 1.807) is 6.08 Å². The molecule has 1 fully saturated rings. The lowest BCUT2D eigenvalue weighted by atomic mass is 9.95. The van der Waals surface area contributed by atoms with Gasteiger partial charge < -0.3 is 10.1 Å². The van der Waals surface area contributed by atoms with Crippen molar-refractivity contribution in [2.24, 2.45) is 17.3 Å². The molecule has 3 rings (SSSR count). The lowest BCUT2D eigenvalue weighted by molar-refractivity contribution is -0.118. The first-order valence-corrected chi connectivity index (χ1v) is 10.9. The van der Waals surface area contributed by atoms with E-state index in [0.29, 0.717) is 10.6 Å². The molecule has 2 aliphatic rings. The molecule has 0 aromatic carbocycles. The Hall–Kier alpha value is -1.04. The first-order chi connectivity index (χ1) is 12.6. The Morgan fingerprint density at radius 3 is 2.56 bits per heavy atom.